The van der Waals surface area contributed by atoms with Crippen LogP contribution in [0.5, 0.6) is 0 Å². The molecule has 0 aliphatic carbocycles. The Morgan fingerprint density at radius 3 is 2.63 bits per heavy atom. The van der Waals surface area contributed by atoms with Gasteiger partial charge in [0.15, 0.2) is 4.75 Å². The first-order chi connectivity index (χ1) is 8.76. The average Bonchev–Trinajstić information content (AvgIpc) is 2.33. The summed E-state index contributed by atoms with van der Waals surface area (Å²) in [6.45, 7) is 3.32. The fourth-order valence-electron chi connectivity index (χ4n) is 1.88. The number of benzene rings is 1. The molecule has 19 heavy (non-hydrogen) atoms. The number of nitrogens with one attached hydrogen (secondary N) is 1. The standard InChI is InChI=1S/C12H15ClN2O3S/c1-12(2)11(16)15(19(12,17)18)7-6-14-10-5-3-4-9(13)8-10/h3-5,8,14H,6-7H2,1-2H3. The maximum atomic E-state index is 11.8. The second-order valence-electron chi connectivity index (χ2n) is 4.83. The topological polar surface area (TPSA) is 66.5 Å². The number of halogens is 1. The first-order valence-electron chi connectivity index (χ1n) is 5.83. The largest absolute Gasteiger partial charge is 0.383 e. The molecule has 1 fully saturated rings. The van der Waals surface area contributed by atoms with Gasteiger partial charge in [-0.15, -0.1) is 0 Å². The minimum absolute atomic E-state index is 0.122. The van der Waals surface area contributed by atoms with E-state index in [0.717, 1.165) is 9.99 Å². The number of anilines is 1. The van der Waals surface area contributed by atoms with Crippen molar-refractivity contribution in [2.75, 3.05) is 18.4 Å². The quantitative estimate of drug-likeness (QED) is 0.919. The lowest BCUT2D eigenvalue weighted by molar-refractivity contribution is -0.132. The number of hydrogen-bond donors (Lipinski definition) is 1. The monoisotopic (exact) mass is 302 g/mol. The second-order valence-corrected chi connectivity index (χ2v) is 7.68. The molecule has 1 amide bonds. The highest BCUT2D eigenvalue weighted by atomic mass is 35.5. The van der Waals surface area contributed by atoms with Crippen molar-refractivity contribution in [2.45, 2.75) is 18.6 Å². The Labute approximate surface area is 117 Å². The molecule has 2 rings (SSSR count). The SMILES string of the molecule is CC1(C)C(=O)N(CCNc2cccc(Cl)c2)S1(=O)=O. The third-order valence-corrected chi connectivity index (χ3v) is 5.77. The summed E-state index contributed by atoms with van der Waals surface area (Å²) in [5.74, 6) is -0.361. The maximum absolute atomic E-state index is 11.8. The zero-order valence-electron chi connectivity index (χ0n) is 10.7. The van der Waals surface area contributed by atoms with Gasteiger partial charge < -0.3 is 5.32 Å². The van der Waals surface area contributed by atoms with Crippen molar-refractivity contribution >= 4 is 33.2 Å². The van der Waals surface area contributed by atoms with Crippen LogP contribution in [-0.4, -0.2) is 36.5 Å². The third-order valence-electron chi connectivity index (χ3n) is 3.15. The number of amides is 1. The molecule has 1 aromatic carbocycles. The fourth-order valence-corrected chi connectivity index (χ4v) is 3.60. The van der Waals surface area contributed by atoms with Gasteiger partial charge in [0.25, 0.3) is 15.9 Å². The van der Waals surface area contributed by atoms with Crippen molar-refractivity contribution in [1.29, 1.82) is 0 Å². The van der Waals surface area contributed by atoms with Gasteiger partial charge in [0, 0.05) is 17.3 Å². The second kappa shape index (κ2) is 4.68. The summed E-state index contributed by atoms with van der Waals surface area (Å²) >= 11 is 5.83. The lowest BCUT2D eigenvalue weighted by Crippen LogP contribution is -2.67. The van der Waals surface area contributed by atoms with Crippen LogP contribution in [0, 0.1) is 0 Å². The molecule has 104 valence electrons. The molecule has 5 nitrogen and oxygen atoms in total. The van der Waals surface area contributed by atoms with Crippen LogP contribution in [0.1, 0.15) is 13.8 Å². The zero-order chi connectivity index (χ0) is 14.3. The van der Waals surface area contributed by atoms with E-state index in [0.29, 0.717) is 11.6 Å². The summed E-state index contributed by atoms with van der Waals surface area (Å²) < 4.78 is 23.3. The molecule has 0 radical (unpaired) electrons. The van der Waals surface area contributed by atoms with E-state index in [-0.39, 0.29) is 12.5 Å². The van der Waals surface area contributed by atoms with Gasteiger partial charge in [0.2, 0.25) is 0 Å². The van der Waals surface area contributed by atoms with Gasteiger partial charge in [0.05, 0.1) is 6.54 Å². The fraction of sp³-hybridized carbons (Fsp3) is 0.417. The summed E-state index contributed by atoms with van der Waals surface area (Å²) in [6.07, 6.45) is 0. The third kappa shape index (κ3) is 2.30. The van der Waals surface area contributed by atoms with E-state index in [1.807, 2.05) is 6.07 Å². The molecule has 1 saturated heterocycles. The van der Waals surface area contributed by atoms with Crippen molar-refractivity contribution in [1.82, 2.24) is 4.31 Å². The van der Waals surface area contributed by atoms with Gasteiger partial charge >= 0.3 is 0 Å². The number of rotatable bonds is 4. The number of carbonyl (C=O) groups excluding carboxylic acids is 1. The van der Waals surface area contributed by atoms with Crippen LogP contribution < -0.4 is 5.32 Å². The van der Waals surface area contributed by atoms with Gasteiger partial charge in [-0.05, 0) is 32.0 Å². The number of nitrogens with zero attached hydrogens (tertiary/aromatic N) is 1. The molecule has 0 saturated carbocycles. The van der Waals surface area contributed by atoms with Crippen LogP contribution in [0.15, 0.2) is 24.3 Å². The van der Waals surface area contributed by atoms with Gasteiger partial charge in [-0.25, -0.2) is 12.7 Å². The van der Waals surface area contributed by atoms with Gasteiger partial charge in [-0.3, -0.25) is 4.79 Å². The summed E-state index contributed by atoms with van der Waals surface area (Å²) in [7, 11) is -3.49. The summed E-state index contributed by atoms with van der Waals surface area (Å²) in [6, 6.07) is 7.10. The highest BCUT2D eigenvalue weighted by Crippen LogP contribution is 2.34. The first kappa shape index (κ1) is 14.1. The summed E-state index contributed by atoms with van der Waals surface area (Å²) in [5, 5.41) is 3.62. The molecule has 1 aliphatic rings. The van der Waals surface area contributed by atoms with Crippen LogP contribution in [-0.2, 0) is 14.8 Å². The predicted molar refractivity (Wildman–Crippen MR) is 74.7 cm³/mol. The van der Waals surface area contributed by atoms with Crippen molar-refractivity contribution in [3.05, 3.63) is 29.3 Å². The van der Waals surface area contributed by atoms with E-state index >= 15 is 0 Å². The number of hydrogen-bond acceptors (Lipinski definition) is 4. The maximum Gasteiger partial charge on any atom is 0.258 e. The highest BCUT2D eigenvalue weighted by molar-refractivity contribution is 7.94. The van der Waals surface area contributed by atoms with Gasteiger partial charge in [-0.2, -0.15) is 0 Å². The van der Waals surface area contributed by atoms with E-state index in [2.05, 4.69) is 5.32 Å². The molecule has 1 N–H and O–H groups in total. The molecule has 0 bridgehead atoms. The number of sulfonamides is 1. The van der Waals surface area contributed by atoms with Crippen molar-refractivity contribution in [3.8, 4) is 0 Å². The normalized spacial score (nSPS) is 19.9. The van der Waals surface area contributed by atoms with E-state index < -0.39 is 14.8 Å². The van der Waals surface area contributed by atoms with E-state index in [4.69, 9.17) is 11.6 Å². The van der Waals surface area contributed by atoms with Crippen LogP contribution in [0.4, 0.5) is 5.69 Å². The minimum Gasteiger partial charge on any atom is -0.383 e. The molecule has 0 spiro atoms. The molecule has 0 aromatic heterocycles. The Bertz CT molecular complexity index is 613. The van der Waals surface area contributed by atoms with Crippen LogP contribution in [0.25, 0.3) is 0 Å². The zero-order valence-corrected chi connectivity index (χ0v) is 12.3. The Balaban J connectivity index is 1.93. The lowest BCUT2D eigenvalue weighted by Gasteiger charge is -2.43. The first-order valence-corrected chi connectivity index (χ1v) is 7.65. The molecular formula is C12H15ClN2O3S. The molecular weight excluding hydrogens is 288 g/mol. The van der Waals surface area contributed by atoms with Gasteiger partial charge in [0.1, 0.15) is 0 Å². The van der Waals surface area contributed by atoms with Crippen molar-refractivity contribution in [3.63, 3.8) is 0 Å². The van der Waals surface area contributed by atoms with Crippen LogP contribution >= 0.6 is 11.6 Å². The van der Waals surface area contributed by atoms with E-state index in [1.165, 1.54) is 13.8 Å². The molecule has 0 unspecified atom stereocenters. The van der Waals surface area contributed by atoms with Crippen LogP contribution in [0.3, 0.4) is 0 Å². The van der Waals surface area contributed by atoms with Crippen LogP contribution in [0.2, 0.25) is 5.02 Å². The summed E-state index contributed by atoms with van der Waals surface area (Å²) in [5.41, 5.74) is 0.789. The average molecular weight is 303 g/mol. The lowest BCUT2D eigenvalue weighted by atomic mass is 10.2. The van der Waals surface area contributed by atoms with Crippen molar-refractivity contribution in [2.24, 2.45) is 0 Å². The minimum atomic E-state index is -3.49. The molecule has 7 heteroatoms. The smallest absolute Gasteiger partial charge is 0.258 e. The Hall–Kier alpha value is -1.27. The number of carbonyl (C=O) groups is 1. The molecule has 0 atom stereocenters. The predicted octanol–water partition coefficient (Wildman–Crippen LogP) is 1.70. The van der Waals surface area contributed by atoms with E-state index in [9.17, 15) is 13.2 Å². The molecule has 1 aliphatic heterocycles. The van der Waals surface area contributed by atoms with Gasteiger partial charge in [-0.1, -0.05) is 17.7 Å². The summed E-state index contributed by atoms with van der Waals surface area (Å²) in [4.78, 5) is 11.7. The highest BCUT2D eigenvalue weighted by Gasteiger charge is 2.59. The van der Waals surface area contributed by atoms with E-state index in [1.54, 1.807) is 18.2 Å². The Morgan fingerprint density at radius 1 is 1.37 bits per heavy atom. The van der Waals surface area contributed by atoms with Crippen molar-refractivity contribution < 1.29 is 13.2 Å². The Kier molecular flexibility index (Phi) is 3.49. The molecule has 1 heterocycles. The Morgan fingerprint density at radius 2 is 2.05 bits per heavy atom. The molecule has 1 aromatic rings.